The Morgan fingerprint density at radius 3 is 2.69 bits per heavy atom. The van der Waals surface area contributed by atoms with Gasteiger partial charge in [0.1, 0.15) is 18.3 Å². The molecule has 26 heavy (non-hydrogen) atoms. The fraction of sp³-hybridized carbons (Fsp3) is 0.643. The molecule has 142 valence electrons. The number of hydrazine groups is 1. The number of imidazole rings is 1. The van der Waals surface area contributed by atoms with Crippen molar-refractivity contribution >= 4 is 28.6 Å². The number of fused-ring (bicyclic) bond motifs is 1. The maximum absolute atomic E-state index is 10.2. The first-order valence-corrected chi connectivity index (χ1v) is 8.58. The SMILES string of the molecule is OC[C@H]1O[C@@H](n2cnc3c(NN4CCOCC4)nc(Cl)nc32)[C@H](O)[C@@H]1O. The minimum absolute atomic E-state index is 0.00162. The van der Waals surface area contributed by atoms with E-state index in [1.54, 1.807) is 0 Å². The molecule has 2 fully saturated rings. The Morgan fingerprint density at radius 1 is 1.23 bits per heavy atom. The predicted molar refractivity (Wildman–Crippen MR) is 89.4 cm³/mol. The summed E-state index contributed by atoms with van der Waals surface area (Å²) in [6, 6.07) is 0. The second-order valence-corrected chi connectivity index (χ2v) is 6.44. The average Bonchev–Trinajstić information content (AvgIpc) is 3.17. The van der Waals surface area contributed by atoms with Gasteiger partial charge in [0.15, 0.2) is 23.2 Å². The molecule has 0 aliphatic carbocycles. The first kappa shape index (κ1) is 17.8. The van der Waals surface area contributed by atoms with E-state index in [0.717, 1.165) is 0 Å². The number of nitrogens with one attached hydrogen (secondary N) is 1. The van der Waals surface area contributed by atoms with Gasteiger partial charge in [0.2, 0.25) is 5.28 Å². The van der Waals surface area contributed by atoms with E-state index < -0.39 is 31.1 Å². The molecule has 0 amide bonds. The van der Waals surface area contributed by atoms with Crippen LogP contribution in [0.25, 0.3) is 11.2 Å². The summed E-state index contributed by atoms with van der Waals surface area (Å²) in [5.74, 6) is 0.424. The van der Waals surface area contributed by atoms with Crippen molar-refractivity contribution in [1.82, 2.24) is 24.5 Å². The number of aliphatic hydroxyl groups is 3. The smallest absolute Gasteiger partial charge is 0.226 e. The minimum Gasteiger partial charge on any atom is -0.394 e. The Balaban J connectivity index is 1.67. The van der Waals surface area contributed by atoms with Gasteiger partial charge in [0.05, 0.1) is 26.1 Å². The van der Waals surface area contributed by atoms with Crippen molar-refractivity contribution in [2.24, 2.45) is 0 Å². The molecule has 4 N–H and O–H groups in total. The second kappa shape index (κ2) is 7.19. The molecular weight excluding hydrogens is 368 g/mol. The summed E-state index contributed by atoms with van der Waals surface area (Å²) in [6.07, 6.45) is -2.87. The van der Waals surface area contributed by atoms with Gasteiger partial charge in [0.25, 0.3) is 0 Å². The molecule has 11 nitrogen and oxygen atoms in total. The van der Waals surface area contributed by atoms with Crippen molar-refractivity contribution in [3.63, 3.8) is 0 Å². The highest BCUT2D eigenvalue weighted by atomic mass is 35.5. The van der Waals surface area contributed by atoms with Gasteiger partial charge in [-0.15, -0.1) is 0 Å². The zero-order valence-electron chi connectivity index (χ0n) is 13.7. The molecule has 0 radical (unpaired) electrons. The topological polar surface area (TPSA) is 138 Å². The van der Waals surface area contributed by atoms with Crippen LogP contribution in [0.1, 0.15) is 6.23 Å². The van der Waals surface area contributed by atoms with E-state index in [2.05, 4.69) is 20.4 Å². The van der Waals surface area contributed by atoms with Crippen molar-refractivity contribution in [2.45, 2.75) is 24.5 Å². The highest BCUT2D eigenvalue weighted by Gasteiger charge is 2.44. The molecule has 2 aromatic rings. The molecule has 0 bridgehead atoms. The lowest BCUT2D eigenvalue weighted by atomic mass is 10.1. The number of aromatic nitrogens is 4. The highest BCUT2D eigenvalue weighted by molar-refractivity contribution is 6.28. The molecule has 4 heterocycles. The number of aliphatic hydroxyl groups excluding tert-OH is 3. The average molecular weight is 387 g/mol. The van der Waals surface area contributed by atoms with Crippen LogP contribution in [0.3, 0.4) is 0 Å². The Labute approximate surface area is 153 Å². The van der Waals surface area contributed by atoms with Gasteiger partial charge in [-0.2, -0.15) is 9.97 Å². The van der Waals surface area contributed by atoms with Crippen LogP contribution in [0, 0.1) is 0 Å². The Kier molecular flexibility index (Phi) is 4.92. The number of ether oxygens (including phenoxy) is 2. The van der Waals surface area contributed by atoms with Crippen molar-refractivity contribution in [2.75, 3.05) is 38.3 Å². The van der Waals surface area contributed by atoms with Crippen molar-refractivity contribution < 1.29 is 24.8 Å². The number of halogens is 1. The van der Waals surface area contributed by atoms with E-state index in [-0.39, 0.29) is 5.28 Å². The molecule has 0 unspecified atom stereocenters. The number of nitrogens with zero attached hydrogens (tertiary/aromatic N) is 5. The van der Waals surface area contributed by atoms with Gasteiger partial charge in [-0.25, -0.2) is 9.99 Å². The normalized spacial score (nSPS) is 30.2. The summed E-state index contributed by atoms with van der Waals surface area (Å²) >= 11 is 6.06. The molecule has 0 aromatic carbocycles. The number of morpholine rings is 1. The van der Waals surface area contributed by atoms with Gasteiger partial charge in [0, 0.05) is 13.1 Å². The van der Waals surface area contributed by atoms with Crippen LogP contribution in [0.15, 0.2) is 6.33 Å². The Hall–Kier alpha value is -1.60. The molecular formula is C14H19ClN6O5. The lowest BCUT2D eigenvalue weighted by molar-refractivity contribution is -0.0511. The number of anilines is 1. The minimum atomic E-state index is -1.24. The van der Waals surface area contributed by atoms with Gasteiger partial charge in [-0.1, -0.05) is 0 Å². The first-order chi connectivity index (χ1) is 12.6. The van der Waals surface area contributed by atoms with Crippen LogP contribution in [0.2, 0.25) is 5.28 Å². The van der Waals surface area contributed by atoms with Crippen molar-refractivity contribution in [3.8, 4) is 0 Å². The fourth-order valence-corrected chi connectivity index (χ4v) is 3.25. The summed E-state index contributed by atoms with van der Waals surface area (Å²) in [5.41, 5.74) is 3.94. The standard InChI is InChI=1S/C14H19ClN6O5/c15-14-17-11(19-20-1-3-25-4-2-20)8-12(18-14)21(6-16-8)13-10(24)9(23)7(5-22)26-13/h6-7,9-10,13,22-24H,1-5H2,(H,17,18,19)/t7-,9-,10-,13-/m1/s1. The second-order valence-electron chi connectivity index (χ2n) is 6.11. The van der Waals surface area contributed by atoms with E-state index in [1.165, 1.54) is 10.9 Å². The van der Waals surface area contributed by atoms with Crippen LogP contribution >= 0.6 is 11.6 Å². The maximum atomic E-state index is 10.2. The largest absolute Gasteiger partial charge is 0.394 e. The third-order valence-corrected chi connectivity index (χ3v) is 4.63. The third-order valence-electron chi connectivity index (χ3n) is 4.46. The lowest BCUT2D eigenvalue weighted by Crippen LogP contribution is -2.40. The van der Waals surface area contributed by atoms with E-state index in [4.69, 9.17) is 21.1 Å². The Bertz CT molecular complexity index is 785. The molecule has 2 aliphatic rings. The molecule has 2 saturated heterocycles. The van der Waals surface area contributed by atoms with Gasteiger partial charge in [-0.05, 0) is 11.6 Å². The van der Waals surface area contributed by atoms with Crippen LogP contribution in [0.4, 0.5) is 5.82 Å². The van der Waals surface area contributed by atoms with Crippen LogP contribution in [-0.4, -0.2) is 91.1 Å². The molecule has 12 heteroatoms. The van der Waals surface area contributed by atoms with Crippen LogP contribution in [0.5, 0.6) is 0 Å². The fourth-order valence-electron chi connectivity index (χ4n) is 3.09. The quantitative estimate of drug-likeness (QED) is 0.471. The zero-order valence-corrected chi connectivity index (χ0v) is 14.5. The molecule has 0 saturated carbocycles. The van der Waals surface area contributed by atoms with Crippen LogP contribution in [-0.2, 0) is 9.47 Å². The Morgan fingerprint density at radius 2 is 2.00 bits per heavy atom. The lowest BCUT2D eigenvalue weighted by Gasteiger charge is -2.27. The molecule has 2 aromatic heterocycles. The molecule has 0 spiro atoms. The van der Waals surface area contributed by atoms with Gasteiger partial charge >= 0.3 is 0 Å². The van der Waals surface area contributed by atoms with Gasteiger partial charge in [-0.3, -0.25) is 4.57 Å². The zero-order chi connectivity index (χ0) is 18.3. The molecule has 2 aliphatic heterocycles. The van der Waals surface area contributed by atoms with Crippen molar-refractivity contribution in [3.05, 3.63) is 11.6 Å². The van der Waals surface area contributed by atoms with E-state index >= 15 is 0 Å². The first-order valence-electron chi connectivity index (χ1n) is 8.20. The number of rotatable bonds is 4. The summed E-state index contributed by atoms with van der Waals surface area (Å²) in [6.45, 7) is 2.15. The van der Waals surface area contributed by atoms with Gasteiger partial charge < -0.3 is 30.2 Å². The summed E-state index contributed by atoms with van der Waals surface area (Å²) in [4.78, 5) is 12.7. The van der Waals surface area contributed by atoms with E-state index in [1.807, 2.05) is 5.01 Å². The summed E-state index contributed by atoms with van der Waals surface area (Å²) < 4.78 is 12.3. The predicted octanol–water partition coefficient (Wildman–Crippen LogP) is -1.25. The number of hydrogen-bond acceptors (Lipinski definition) is 10. The van der Waals surface area contributed by atoms with Crippen LogP contribution < -0.4 is 5.43 Å². The third kappa shape index (κ3) is 3.11. The maximum Gasteiger partial charge on any atom is 0.226 e. The van der Waals surface area contributed by atoms with E-state index in [9.17, 15) is 15.3 Å². The highest BCUT2D eigenvalue weighted by Crippen LogP contribution is 2.32. The number of hydrogen-bond donors (Lipinski definition) is 4. The van der Waals surface area contributed by atoms with E-state index in [0.29, 0.717) is 43.3 Å². The summed E-state index contributed by atoms with van der Waals surface area (Å²) in [7, 11) is 0. The van der Waals surface area contributed by atoms with Crippen molar-refractivity contribution in [1.29, 1.82) is 0 Å². The summed E-state index contributed by atoms with van der Waals surface area (Å²) in [5, 5.41) is 31.4. The molecule has 4 rings (SSSR count). The monoisotopic (exact) mass is 386 g/mol. The molecule has 4 atom stereocenters.